The maximum Gasteiger partial charge on any atom is 0.242 e. The van der Waals surface area contributed by atoms with Gasteiger partial charge in [0.1, 0.15) is 4.90 Å². The first-order chi connectivity index (χ1) is 9.25. The number of nitrogens with one attached hydrogen (secondary N) is 2. The maximum absolute atomic E-state index is 12.4. The zero-order valence-corrected chi connectivity index (χ0v) is 12.8. The monoisotopic (exact) mass is 295 g/mol. The summed E-state index contributed by atoms with van der Waals surface area (Å²) in [6.45, 7) is 6.52. The van der Waals surface area contributed by atoms with Crippen LogP contribution in [0.1, 0.15) is 27.2 Å². The Labute approximate surface area is 119 Å². The molecule has 6 heteroatoms. The SMILES string of the molecule is CCC(C)(C)CNS(=O)(=O)c1c[nH]c2cc(N)ccc12. The van der Waals surface area contributed by atoms with Crippen molar-refractivity contribution in [3.05, 3.63) is 24.4 Å². The average Bonchev–Trinajstić information content (AvgIpc) is 2.80. The van der Waals surface area contributed by atoms with E-state index in [9.17, 15) is 8.42 Å². The molecule has 1 aromatic carbocycles. The molecule has 0 fully saturated rings. The van der Waals surface area contributed by atoms with Gasteiger partial charge in [-0.25, -0.2) is 13.1 Å². The number of aromatic amines is 1. The summed E-state index contributed by atoms with van der Waals surface area (Å²) in [5, 5.41) is 0.654. The second kappa shape index (κ2) is 5.10. The summed E-state index contributed by atoms with van der Waals surface area (Å²) in [4.78, 5) is 3.21. The van der Waals surface area contributed by atoms with Gasteiger partial charge in [0.15, 0.2) is 0 Å². The Kier molecular flexibility index (Phi) is 3.80. The van der Waals surface area contributed by atoms with Crippen molar-refractivity contribution in [2.45, 2.75) is 32.1 Å². The molecule has 0 atom stereocenters. The van der Waals surface area contributed by atoms with E-state index < -0.39 is 10.0 Å². The largest absolute Gasteiger partial charge is 0.399 e. The summed E-state index contributed by atoms with van der Waals surface area (Å²) >= 11 is 0. The lowest BCUT2D eigenvalue weighted by Crippen LogP contribution is -2.33. The van der Waals surface area contributed by atoms with Crippen LogP contribution in [-0.4, -0.2) is 19.9 Å². The number of hydrogen-bond acceptors (Lipinski definition) is 3. The van der Waals surface area contributed by atoms with Crippen LogP contribution >= 0.6 is 0 Å². The molecule has 0 radical (unpaired) electrons. The van der Waals surface area contributed by atoms with E-state index in [1.807, 2.05) is 20.8 Å². The quantitative estimate of drug-likeness (QED) is 0.740. The van der Waals surface area contributed by atoms with Crippen molar-refractivity contribution in [1.82, 2.24) is 9.71 Å². The first kappa shape index (κ1) is 14.9. The highest BCUT2D eigenvalue weighted by Crippen LogP contribution is 2.25. The second-order valence-electron chi connectivity index (χ2n) is 5.80. The van der Waals surface area contributed by atoms with Crippen molar-refractivity contribution in [2.24, 2.45) is 5.41 Å². The molecule has 0 saturated heterocycles. The number of aromatic nitrogens is 1. The summed E-state index contributed by atoms with van der Waals surface area (Å²) in [5.41, 5.74) is 6.95. The normalized spacial score (nSPS) is 12.9. The van der Waals surface area contributed by atoms with E-state index in [-0.39, 0.29) is 10.3 Å². The van der Waals surface area contributed by atoms with Crippen LogP contribution in [0, 0.1) is 5.41 Å². The fraction of sp³-hybridized carbons (Fsp3) is 0.429. The molecule has 0 aliphatic heterocycles. The highest BCUT2D eigenvalue weighted by molar-refractivity contribution is 7.89. The van der Waals surface area contributed by atoms with E-state index in [1.165, 1.54) is 6.20 Å². The predicted octanol–water partition coefficient (Wildman–Crippen LogP) is 2.46. The molecule has 20 heavy (non-hydrogen) atoms. The van der Waals surface area contributed by atoms with Crippen LogP contribution in [0.5, 0.6) is 0 Å². The van der Waals surface area contributed by atoms with Gasteiger partial charge in [0.25, 0.3) is 0 Å². The van der Waals surface area contributed by atoms with E-state index in [0.29, 0.717) is 17.6 Å². The van der Waals surface area contributed by atoms with Crippen LogP contribution in [0.3, 0.4) is 0 Å². The summed E-state index contributed by atoms with van der Waals surface area (Å²) < 4.78 is 27.5. The topological polar surface area (TPSA) is 88.0 Å². The lowest BCUT2D eigenvalue weighted by Gasteiger charge is -2.22. The van der Waals surface area contributed by atoms with Gasteiger partial charge in [0.2, 0.25) is 10.0 Å². The number of H-pyrrole nitrogens is 1. The number of hydrogen-bond donors (Lipinski definition) is 3. The van der Waals surface area contributed by atoms with Crippen molar-refractivity contribution < 1.29 is 8.42 Å². The van der Waals surface area contributed by atoms with Gasteiger partial charge in [-0.2, -0.15) is 0 Å². The summed E-state index contributed by atoms with van der Waals surface area (Å²) in [5.74, 6) is 0. The minimum absolute atomic E-state index is 0.0659. The lowest BCUT2D eigenvalue weighted by atomic mass is 9.91. The van der Waals surface area contributed by atoms with E-state index in [2.05, 4.69) is 9.71 Å². The molecule has 0 unspecified atom stereocenters. The van der Waals surface area contributed by atoms with Crippen LogP contribution in [0.2, 0.25) is 0 Å². The Balaban J connectivity index is 2.33. The number of nitrogen functional groups attached to an aromatic ring is 1. The fourth-order valence-corrected chi connectivity index (χ4v) is 3.25. The second-order valence-corrected chi connectivity index (χ2v) is 7.54. The summed E-state index contributed by atoms with van der Waals surface area (Å²) in [6, 6.07) is 5.15. The molecule has 0 aliphatic carbocycles. The Morgan fingerprint density at radius 3 is 2.70 bits per heavy atom. The zero-order chi connectivity index (χ0) is 15.0. The molecule has 2 rings (SSSR count). The molecule has 1 heterocycles. The molecule has 0 amide bonds. The highest BCUT2D eigenvalue weighted by atomic mass is 32.2. The van der Waals surface area contributed by atoms with Crippen LogP contribution in [0.4, 0.5) is 5.69 Å². The molecule has 5 nitrogen and oxygen atoms in total. The minimum Gasteiger partial charge on any atom is -0.399 e. The van der Waals surface area contributed by atoms with E-state index in [1.54, 1.807) is 18.2 Å². The molecular weight excluding hydrogens is 274 g/mol. The smallest absolute Gasteiger partial charge is 0.242 e. The molecule has 0 saturated carbocycles. The van der Waals surface area contributed by atoms with Gasteiger partial charge in [0, 0.05) is 29.3 Å². The van der Waals surface area contributed by atoms with Gasteiger partial charge in [0.05, 0.1) is 0 Å². The van der Waals surface area contributed by atoms with Crippen molar-refractivity contribution in [3.63, 3.8) is 0 Å². The number of nitrogens with two attached hydrogens (primary N) is 1. The number of anilines is 1. The third-order valence-corrected chi connectivity index (χ3v) is 5.10. The predicted molar refractivity (Wildman–Crippen MR) is 82.0 cm³/mol. The molecule has 110 valence electrons. The third-order valence-electron chi connectivity index (χ3n) is 3.66. The standard InChI is InChI=1S/C14H21N3O2S/c1-4-14(2,3)9-17-20(18,19)13-8-16-12-7-10(15)5-6-11(12)13/h5-8,16-17H,4,9,15H2,1-3H3. The number of benzene rings is 1. The Morgan fingerprint density at radius 2 is 2.05 bits per heavy atom. The van der Waals surface area contributed by atoms with Gasteiger partial charge >= 0.3 is 0 Å². The highest BCUT2D eigenvalue weighted by Gasteiger charge is 2.23. The number of sulfonamides is 1. The Morgan fingerprint density at radius 1 is 1.35 bits per heavy atom. The molecule has 2 aromatic rings. The average molecular weight is 295 g/mol. The zero-order valence-electron chi connectivity index (χ0n) is 12.0. The van der Waals surface area contributed by atoms with E-state index in [4.69, 9.17) is 5.73 Å². The van der Waals surface area contributed by atoms with E-state index in [0.717, 1.165) is 11.9 Å². The minimum atomic E-state index is -3.52. The van der Waals surface area contributed by atoms with Crippen LogP contribution in [0.25, 0.3) is 10.9 Å². The van der Waals surface area contributed by atoms with Gasteiger partial charge in [-0.15, -0.1) is 0 Å². The Bertz CT molecular complexity index is 717. The van der Waals surface area contributed by atoms with Gasteiger partial charge in [-0.1, -0.05) is 20.8 Å². The van der Waals surface area contributed by atoms with Crippen molar-refractivity contribution in [3.8, 4) is 0 Å². The maximum atomic E-state index is 12.4. The lowest BCUT2D eigenvalue weighted by molar-refractivity contribution is 0.350. The molecule has 0 bridgehead atoms. The Hall–Kier alpha value is -1.53. The first-order valence-corrected chi connectivity index (χ1v) is 8.10. The molecule has 0 aliphatic rings. The van der Waals surface area contributed by atoms with Gasteiger partial charge in [-0.05, 0) is 30.0 Å². The third kappa shape index (κ3) is 2.96. The van der Waals surface area contributed by atoms with Crippen LogP contribution in [-0.2, 0) is 10.0 Å². The van der Waals surface area contributed by atoms with Crippen LogP contribution < -0.4 is 10.5 Å². The summed E-state index contributed by atoms with van der Waals surface area (Å²) in [7, 11) is -3.52. The molecule has 4 N–H and O–H groups in total. The number of fused-ring (bicyclic) bond motifs is 1. The van der Waals surface area contributed by atoms with Gasteiger partial charge in [-0.3, -0.25) is 0 Å². The fourth-order valence-electron chi connectivity index (χ4n) is 1.83. The first-order valence-electron chi connectivity index (χ1n) is 6.61. The number of rotatable bonds is 5. The molecular formula is C14H21N3O2S. The van der Waals surface area contributed by atoms with E-state index >= 15 is 0 Å². The van der Waals surface area contributed by atoms with Crippen molar-refractivity contribution in [1.29, 1.82) is 0 Å². The van der Waals surface area contributed by atoms with Crippen molar-refractivity contribution in [2.75, 3.05) is 12.3 Å². The summed E-state index contributed by atoms with van der Waals surface area (Å²) in [6.07, 6.45) is 2.41. The van der Waals surface area contributed by atoms with Gasteiger partial charge < -0.3 is 10.7 Å². The molecule has 0 spiro atoms. The van der Waals surface area contributed by atoms with Crippen molar-refractivity contribution >= 4 is 26.6 Å². The molecule has 1 aromatic heterocycles. The van der Waals surface area contributed by atoms with Crippen LogP contribution in [0.15, 0.2) is 29.3 Å².